The molecule has 0 aliphatic rings. The van der Waals surface area contributed by atoms with Crippen LogP contribution in [0.25, 0.3) is 0 Å². The molecule has 15 heavy (non-hydrogen) atoms. The maximum atomic E-state index is 5.90. The van der Waals surface area contributed by atoms with Gasteiger partial charge in [-0.25, -0.2) is 9.97 Å². The Hall–Kier alpha value is -1.03. The lowest BCUT2D eigenvalue weighted by atomic mass is 10.1. The Bertz CT molecular complexity index is 330. The third kappa shape index (κ3) is 2.72. The average Bonchev–Trinajstić information content (AvgIpc) is 2.28. The molecule has 0 N–H and O–H groups in total. The second kappa shape index (κ2) is 4.66. The molecule has 84 valence electrons. The molecule has 0 radical (unpaired) electrons. The molecule has 0 aliphatic carbocycles. The van der Waals surface area contributed by atoms with Gasteiger partial charge in [0.05, 0.1) is 7.11 Å². The third-order valence-corrected chi connectivity index (χ3v) is 3.07. The van der Waals surface area contributed by atoms with Crippen LogP contribution >= 0.6 is 11.6 Å². The molecular formula is C10H16ClN3O. The molecule has 0 saturated carbocycles. The fourth-order valence-corrected chi connectivity index (χ4v) is 1.20. The molecule has 0 atom stereocenters. The molecule has 0 fully saturated rings. The number of rotatable bonds is 4. The Morgan fingerprint density at radius 2 is 2.13 bits per heavy atom. The maximum absolute atomic E-state index is 5.90. The number of alkyl halides is 1. The summed E-state index contributed by atoms with van der Waals surface area (Å²) >= 11 is 5.90. The van der Waals surface area contributed by atoms with Gasteiger partial charge in [0.2, 0.25) is 5.88 Å². The summed E-state index contributed by atoms with van der Waals surface area (Å²) in [7, 11) is 3.53. The Kier molecular flexibility index (Phi) is 3.74. The van der Waals surface area contributed by atoms with E-state index in [0.29, 0.717) is 11.8 Å². The first-order chi connectivity index (χ1) is 7.01. The van der Waals surface area contributed by atoms with Gasteiger partial charge < -0.3 is 9.64 Å². The van der Waals surface area contributed by atoms with E-state index in [1.807, 2.05) is 11.9 Å². The van der Waals surface area contributed by atoms with Crippen molar-refractivity contribution in [1.82, 2.24) is 9.97 Å². The number of halogens is 1. The molecule has 1 rings (SSSR count). The van der Waals surface area contributed by atoms with Crippen molar-refractivity contribution in [3.63, 3.8) is 0 Å². The minimum atomic E-state index is -0.152. The SMILES string of the molecule is COc1cc(N(C)C(C)(C)CCl)ncn1. The Morgan fingerprint density at radius 3 is 2.67 bits per heavy atom. The van der Waals surface area contributed by atoms with Crippen LogP contribution in [0.3, 0.4) is 0 Å². The van der Waals surface area contributed by atoms with Crippen molar-refractivity contribution in [3.05, 3.63) is 12.4 Å². The van der Waals surface area contributed by atoms with E-state index in [-0.39, 0.29) is 5.54 Å². The fraction of sp³-hybridized carbons (Fsp3) is 0.600. The molecule has 0 aromatic carbocycles. The van der Waals surface area contributed by atoms with Gasteiger partial charge in [0, 0.05) is 24.5 Å². The number of methoxy groups -OCH3 is 1. The van der Waals surface area contributed by atoms with Gasteiger partial charge >= 0.3 is 0 Å². The van der Waals surface area contributed by atoms with Gasteiger partial charge in [-0.3, -0.25) is 0 Å². The topological polar surface area (TPSA) is 38.2 Å². The zero-order chi connectivity index (χ0) is 11.5. The highest BCUT2D eigenvalue weighted by molar-refractivity contribution is 6.18. The average molecular weight is 230 g/mol. The lowest BCUT2D eigenvalue weighted by Gasteiger charge is -2.34. The first kappa shape index (κ1) is 12.0. The second-order valence-corrected chi connectivity index (χ2v) is 4.19. The van der Waals surface area contributed by atoms with Gasteiger partial charge in [0.1, 0.15) is 12.1 Å². The predicted molar refractivity (Wildman–Crippen MR) is 61.8 cm³/mol. The Labute approximate surface area is 95.2 Å². The molecule has 0 bridgehead atoms. The molecule has 1 aromatic heterocycles. The van der Waals surface area contributed by atoms with Crippen molar-refractivity contribution in [2.75, 3.05) is 24.9 Å². The smallest absolute Gasteiger partial charge is 0.218 e. The van der Waals surface area contributed by atoms with Crippen molar-refractivity contribution in [2.45, 2.75) is 19.4 Å². The summed E-state index contributed by atoms with van der Waals surface area (Å²) in [6, 6.07) is 1.79. The minimum absolute atomic E-state index is 0.152. The van der Waals surface area contributed by atoms with E-state index in [2.05, 4.69) is 23.8 Å². The molecular weight excluding hydrogens is 214 g/mol. The largest absolute Gasteiger partial charge is 0.481 e. The summed E-state index contributed by atoms with van der Waals surface area (Å²) in [5.41, 5.74) is -0.152. The van der Waals surface area contributed by atoms with E-state index in [1.165, 1.54) is 6.33 Å². The van der Waals surface area contributed by atoms with Gasteiger partial charge in [-0.1, -0.05) is 0 Å². The van der Waals surface area contributed by atoms with E-state index < -0.39 is 0 Å². The van der Waals surface area contributed by atoms with Crippen LogP contribution in [-0.4, -0.2) is 35.5 Å². The molecule has 1 aromatic rings. The number of hydrogen-bond acceptors (Lipinski definition) is 4. The van der Waals surface area contributed by atoms with Crippen LogP contribution in [0.5, 0.6) is 5.88 Å². The molecule has 4 nitrogen and oxygen atoms in total. The standard InChI is InChI=1S/C10H16ClN3O/c1-10(2,6-11)14(3)8-5-9(15-4)13-7-12-8/h5,7H,6H2,1-4H3. The van der Waals surface area contributed by atoms with E-state index >= 15 is 0 Å². The third-order valence-electron chi connectivity index (χ3n) is 2.42. The number of hydrogen-bond donors (Lipinski definition) is 0. The molecule has 5 heteroatoms. The van der Waals surface area contributed by atoms with Gasteiger partial charge in [-0.2, -0.15) is 0 Å². The van der Waals surface area contributed by atoms with Crippen LogP contribution in [0, 0.1) is 0 Å². The number of ether oxygens (including phenoxy) is 1. The monoisotopic (exact) mass is 229 g/mol. The summed E-state index contributed by atoms with van der Waals surface area (Å²) in [6.07, 6.45) is 1.48. The number of nitrogens with zero attached hydrogens (tertiary/aromatic N) is 3. The van der Waals surface area contributed by atoms with Crippen molar-refractivity contribution < 1.29 is 4.74 Å². The maximum Gasteiger partial charge on any atom is 0.218 e. The highest BCUT2D eigenvalue weighted by Gasteiger charge is 2.23. The fourth-order valence-electron chi connectivity index (χ4n) is 1.02. The second-order valence-electron chi connectivity index (χ2n) is 3.92. The van der Waals surface area contributed by atoms with E-state index in [1.54, 1.807) is 13.2 Å². The van der Waals surface area contributed by atoms with Crippen molar-refractivity contribution in [3.8, 4) is 5.88 Å². The Morgan fingerprint density at radius 1 is 1.47 bits per heavy atom. The highest BCUT2D eigenvalue weighted by Crippen LogP contribution is 2.22. The van der Waals surface area contributed by atoms with Gasteiger partial charge in [-0.05, 0) is 13.8 Å². The van der Waals surface area contributed by atoms with Crippen LogP contribution in [0.1, 0.15) is 13.8 Å². The van der Waals surface area contributed by atoms with Crippen LogP contribution in [0.4, 0.5) is 5.82 Å². The number of aromatic nitrogens is 2. The molecule has 0 aliphatic heterocycles. The lowest BCUT2D eigenvalue weighted by Crippen LogP contribution is -2.43. The number of anilines is 1. The molecule has 1 heterocycles. The predicted octanol–water partition coefficient (Wildman–Crippen LogP) is 1.94. The first-order valence-electron chi connectivity index (χ1n) is 4.67. The van der Waals surface area contributed by atoms with Gasteiger partial charge in [-0.15, -0.1) is 11.6 Å². The Balaban J connectivity index is 2.95. The van der Waals surface area contributed by atoms with E-state index in [4.69, 9.17) is 16.3 Å². The highest BCUT2D eigenvalue weighted by atomic mass is 35.5. The quantitative estimate of drug-likeness (QED) is 0.740. The van der Waals surface area contributed by atoms with Crippen molar-refractivity contribution in [2.24, 2.45) is 0 Å². The summed E-state index contributed by atoms with van der Waals surface area (Å²) in [6.45, 7) is 4.10. The van der Waals surface area contributed by atoms with Crippen LogP contribution in [0.15, 0.2) is 12.4 Å². The normalized spacial score (nSPS) is 11.3. The molecule has 0 amide bonds. The lowest BCUT2D eigenvalue weighted by molar-refractivity contribution is 0.396. The summed E-state index contributed by atoms with van der Waals surface area (Å²) in [4.78, 5) is 10.1. The molecule has 0 saturated heterocycles. The zero-order valence-corrected chi connectivity index (χ0v) is 10.2. The molecule has 0 unspecified atom stereocenters. The van der Waals surface area contributed by atoms with Crippen molar-refractivity contribution >= 4 is 17.4 Å². The zero-order valence-electron chi connectivity index (χ0n) is 9.49. The summed E-state index contributed by atoms with van der Waals surface area (Å²) < 4.78 is 5.04. The van der Waals surface area contributed by atoms with Gasteiger partial charge in [0.25, 0.3) is 0 Å². The summed E-state index contributed by atoms with van der Waals surface area (Å²) in [5.74, 6) is 1.88. The molecule has 0 spiro atoms. The van der Waals surface area contributed by atoms with E-state index in [0.717, 1.165) is 5.82 Å². The van der Waals surface area contributed by atoms with Gasteiger partial charge in [0.15, 0.2) is 0 Å². The van der Waals surface area contributed by atoms with E-state index in [9.17, 15) is 0 Å². The summed E-state index contributed by atoms with van der Waals surface area (Å²) in [5, 5.41) is 0. The van der Waals surface area contributed by atoms with Crippen LogP contribution in [-0.2, 0) is 0 Å². The van der Waals surface area contributed by atoms with Crippen LogP contribution < -0.4 is 9.64 Å². The first-order valence-corrected chi connectivity index (χ1v) is 5.20. The minimum Gasteiger partial charge on any atom is -0.481 e. The van der Waals surface area contributed by atoms with Crippen LogP contribution in [0.2, 0.25) is 0 Å². The van der Waals surface area contributed by atoms with Crippen molar-refractivity contribution in [1.29, 1.82) is 0 Å².